The molecule has 1 N–H and O–H groups in total. The predicted octanol–water partition coefficient (Wildman–Crippen LogP) is 1.70. The van der Waals surface area contributed by atoms with E-state index in [1.165, 1.54) is 4.68 Å². The highest BCUT2D eigenvalue weighted by Crippen LogP contribution is 2.00. The molecule has 0 aliphatic rings. The van der Waals surface area contributed by atoms with Crippen molar-refractivity contribution in [2.24, 2.45) is 0 Å². The van der Waals surface area contributed by atoms with E-state index in [4.69, 9.17) is 0 Å². The van der Waals surface area contributed by atoms with Crippen molar-refractivity contribution in [1.82, 2.24) is 14.8 Å². The minimum Gasteiger partial charge on any atom is -0.384 e. The summed E-state index contributed by atoms with van der Waals surface area (Å²) in [7, 11) is 0. The van der Waals surface area contributed by atoms with Crippen LogP contribution in [0.1, 0.15) is 19.0 Å². The highest BCUT2D eigenvalue weighted by Gasteiger charge is 2.01. The van der Waals surface area contributed by atoms with Gasteiger partial charge in [0.05, 0.1) is 18.4 Å². The summed E-state index contributed by atoms with van der Waals surface area (Å²) in [6, 6.07) is 7.35. The number of aromatic nitrogens is 3. The van der Waals surface area contributed by atoms with Crippen molar-refractivity contribution in [2.75, 3.05) is 11.9 Å². The zero-order valence-electron chi connectivity index (χ0n) is 11.0. The van der Waals surface area contributed by atoms with Gasteiger partial charge in [0.1, 0.15) is 0 Å². The Morgan fingerprint density at radius 3 is 2.95 bits per heavy atom. The molecule has 0 radical (unpaired) electrons. The number of aryl methyl sites for hydroxylation is 2. The minimum absolute atomic E-state index is 0.0861. The minimum atomic E-state index is -0.0861. The predicted molar refractivity (Wildman–Crippen MR) is 75.2 cm³/mol. The molecule has 0 unspecified atom stereocenters. The van der Waals surface area contributed by atoms with Gasteiger partial charge in [-0.25, -0.2) is 4.68 Å². The van der Waals surface area contributed by atoms with Gasteiger partial charge in [-0.15, -0.1) is 0 Å². The lowest BCUT2D eigenvalue weighted by Crippen LogP contribution is -2.23. The van der Waals surface area contributed by atoms with Crippen LogP contribution in [-0.2, 0) is 13.0 Å². The highest BCUT2D eigenvalue weighted by atomic mass is 16.1. The van der Waals surface area contributed by atoms with Gasteiger partial charge in [0.2, 0.25) is 0 Å². The largest absolute Gasteiger partial charge is 0.384 e. The molecule has 2 aromatic heterocycles. The van der Waals surface area contributed by atoms with Crippen molar-refractivity contribution in [1.29, 1.82) is 0 Å². The fourth-order valence-corrected chi connectivity index (χ4v) is 1.73. The van der Waals surface area contributed by atoms with Crippen molar-refractivity contribution in [2.45, 2.75) is 26.3 Å². The second-order valence-corrected chi connectivity index (χ2v) is 4.30. The monoisotopic (exact) mass is 258 g/mol. The van der Waals surface area contributed by atoms with Crippen LogP contribution in [0.4, 0.5) is 5.69 Å². The summed E-state index contributed by atoms with van der Waals surface area (Å²) >= 11 is 0. The molecule has 5 heteroatoms. The van der Waals surface area contributed by atoms with Gasteiger partial charge in [-0.1, -0.05) is 13.0 Å². The lowest BCUT2D eigenvalue weighted by atomic mass is 10.3. The Kier molecular flexibility index (Phi) is 4.66. The van der Waals surface area contributed by atoms with Crippen molar-refractivity contribution in [3.05, 3.63) is 52.7 Å². The van der Waals surface area contributed by atoms with Gasteiger partial charge in [-0.2, -0.15) is 5.10 Å². The van der Waals surface area contributed by atoms with E-state index in [9.17, 15) is 4.79 Å². The number of pyridine rings is 1. The average Bonchev–Trinajstić information content (AvgIpc) is 2.45. The molecule has 2 rings (SSSR count). The first-order valence-electron chi connectivity index (χ1n) is 6.50. The van der Waals surface area contributed by atoms with Gasteiger partial charge >= 0.3 is 0 Å². The van der Waals surface area contributed by atoms with E-state index in [0.29, 0.717) is 13.0 Å². The highest BCUT2D eigenvalue weighted by molar-refractivity contribution is 5.38. The van der Waals surface area contributed by atoms with Gasteiger partial charge in [0.15, 0.2) is 0 Å². The number of hydrogen-bond donors (Lipinski definition) is 1. The number of rotatable bonds is 6. The van der Waals surface area contributed by atoms with Crippen LogP contribution in [-0.4, -0.2) is 21.3 Å². The van der Waals surface area contributed by atoms with Crippen molar-refractivity contribution in [3.8, 4) is 0 Å². The lowest BCUT2D eigenvalue weighted by molar-refractivity contribution is 0.573. The summed E-state index contributed by atoms with van der Waals surface area (Å²) in [6.45, 7) is 3.47. The molecule has 0 spiro atoms. The molecule has 100 valence electrons. The van der Waals surface area contributed by atoms with Crippen LogP contribution >= 0.6 is 0 Å². The Morgan fingerprint density at radius 2 is 2.26 bits per heavy atom. The van der Waals surface area contributed by atoms with Crippen LogP contribution in [0.3, 0.4) is 0 Å². The smallest absolute Gasteiger partial charge is 0.268 e. The van der Waals surface area contributed by atoms with Gasteiger partial charge in [0, 0.05) is 30.9 Å². The van der Waals surface area contributed by atoms with Crippen LogP contribution in [0.15, 0.2) is 41.5 Å². The van der Waals surface area contributed by atoms with E-state index in [1.807, 2.05) is 18.2 Å². The zero-order chi connectivity index (χ0) is 13.5. The van der Waals surface area contributed by atoms with Crippen LogP contribution in [0.25, 0.3) is 0 Å². The van der Waals surface area contributed by atoms with E-state index in [0.717, 1.165) is 24.3 Å². The van der Waals surface area contributed by atoms with Crippen LogP contribution in [0.5, 0.6) is 0 Å². The maximum Gasteiger partial charge on any atom is 0.268 e. The maximum absolute atomic E-state index is 11.9. The number of nitrogens with one attached hydrogen (secondary N) is 1. The fraction of sp³-hybridized carbons (Fsp3) is 0.357. The Bertz CT molecular complexity index is 565. The van der Waals surface area contributed by atoms with Crippen molar-refractivity contribution in [3.63, 3.8) is 0 Å². The molecule has 0 saturated carbocycles. The van der Waals surface area contributed by atoms with Gasteiger partial charge in [0.25, 0.3) is 5.56 Å². The fourth-order valence-electron chi connectivity index (χ4n) is 1.73. The zero-order valence-corrected chi connectivity index (χ0v) is 11.0. The molecule has 2 heterocycles. The summed E-state index contributed by atoms with van der Waals surface area (Å²) < 4.78 is 1.46. The van der Waals surface area contributed by atoms with E-state index in [-0.39, 0.29) is 5.56 Å². The standard InChI is InChI=1S/C14H18N4O/c1-2-7-15-13-10-14(19)18(17-11-13)9-6-12-5-3-4-8-16-12/h3-5,8,10-11,15H,2,6-7,9H2,1H3. The Hall–Kier alpha value is -2.17. The van der Waals surface area contributed by atoms with E-state index in [1.54, 1.807) is 18.5 Å². The van der Waals surface area contributed by atoms with Gasteiger partial charge in [-0.05, 0) is 18.6 Å². The molecule has 0 atom stereocenters. The first-order chi connectivity index (χ1) is 9.29. The summed E-state index contributed by atoms with van der Waals surface area (Å²) in [5, 5.41) is 7.31. The second-order valence-electron chi connectivity index (χ2n) is 4.30. The summed E-state index contributed by atoms with van der Waals surface area (Å²) in [5.74, 6) is 0. The van der Waals surface area contributed by atoms with E-state index in [2.05, 4.69) is 22.3 Å². The molecule has 0 fully saturated rings. The van der Waals surface area contributed by atoms with Crippen molar-refractivity contribution >= 4 is 5.69 Å². The first kappa shape index (κ1) is 13.3. The van der Waals surface area contributed by atoms with Crippen LogP contribution in [0, 0.1) is 0 Å². The SMILES string of the molecule is CCCNc1cnn(CCc2ccccn2)c(=O)c1. The maximum atomic E-state index is 11.9. The molecular formula is C14H18N4O. The summed E-state index contributed by atoms with van der Waals surface area (Å²) in [6.07, 6.45) is 5.16. The summed E-state index contributed by atoms with van der Waals surface area (Å²) in [4.78, 5) is 16.1. The molecule has 0 saturated heterocycles. The Morgan fingerprint density at radius 1 is 1.37 bits per heavy atom. The quantitative estimate of drug-likeness (QED) is 0.856. The summed E-state index contributed by atoms with van der Waals surface area (Å²) in [5.41, 5.74) is 1.65. The van der Waals surface area contributed by atoms with Crippen LogP contribution < -0.4 is 10.9 Å². The Balaban J connectivity index is 1.99. The molecule has 19 heavy (non-hydrogen) atoms. The third-order valence-corrected chi connectivity index (χ3v) is 2.75. The molecule has 2 aromatic rings. The van der Waals surface area contributed by atoms with Crippen LogP contribution in [0.2, 0.25) is 0 Å². The number of nitrogens with zero attached hydrogens (tertiary/aromatic N) is 3. The lowest BCUT2D eigenvalue weighted by Gasteiger charge is -2.07. The molecule has 0 bridgehead atoms. The normalized spacial score (nSPS) is 10.4. The second kappa shape index (κ2) is 6.68. The first-order valence-corrected chi connectivity index (χ1v) is 6.50. The number of hydrogen-bond acceptors (Lipinski definition) is 4. The van der Waals surface area contributed by atoms with Gasteiger partial charge < -0.3 is 5.32 Å². The molecule has 5 nitrogen and oxygen atoms in total. The van der Waals surface area contributed by atoms with E-state index < -0.39 is 0 Å². The topological polar surface area (TPSA) is 59.8 Å². The molecule has 0 amide bonds. The average molecular weight is 258 g/mol. The third kappa shape index (κ3) is 3.91. The molecular weight excluding hydrogens is 240 g/mol. The molecule has 0 aliphatic carbocycles. The Labute approximate surface area is 112 Å². The van der Waals surface area contributed by atoms with Crippen molar-refractivity contribution < 1.29 is 0 Å². The van der Waals surface area contributed by atoms with Gasteiger partial charge in [-0.3, -0.25) is 9.78 Å². The molecule has 0 aliphatic heterocycles. The molecule has 0 aromatic carbocycles. The number of anilines is 1. The third-order valence-electron chi connectivity index (χ3n) is 2.75. The van der Waals surface area contributed by atoms with E-state index >= 15 is 0 Å².